The van der Waals surface area contributed by atoms with Crippen LogP contribution in [-0.2, 0) is 0 Å². The zero-order chi connectivity index (χ0) is 11.8. The lowest BCUT2D eigenvalue weighted by atomic mass is 10.4. The molecule has 0 aromatic carbocycles. The fourth-order valence-electron chi connectivity index (χ4n) is 1.57. The van der Waals surface area contributed by atoms with E-state index in [1.807, 2.05) is 0 Å². The fourth-order valence-corrected chi connectivity index (χ4v) is 1.57. The Bertz CT molecular complexity index is 723. The van der Waals surface area contributed by atoms with Crippen molar-refractivity contribution in [2.24, 2.45) is 0 Å². The molecule has 0 aliphatic carbocycles. The van der Waals surface area contributed by atoms with Crippen molar-refractivity contribution in [3.05, 3.63) is 41.1 Å². The number of rotatable bonds is 1. The minimum Gasteiger partial charge on any atom is -0.368 e. The van der Waals surface area contributed by atoms with E-state index in [1.54, 1.807) is 17.0 Å². The number of aromatic amines is 1. The van der Waals surface area contributed by atoms with Crippen molar-refractivity contribution in [3.8, 4) is 5.82 Å². The van der Waals surface area contributed by atoms with Gasteiger partial charge < -0.3 is 15.3 Å². The molecule has 84 valence electrons. The minimum atomic E-state index is -0.0680. The van der Waals surface area contributed by atoms with Crippen molar-refractivity contribution in [1.82, 2.24) is 24.5 Å². The van der Waals surface area contributed by atoms with Crippen molar-refractivity contribution in [2.45, 2.75) is 0 Å². The molecule has 0 radical (unpaired) electrons. The van der Waals surface area contributed by atoms with Crippen LogP contribution in [0.25, 0.3) is 17.0 Å². The summed E-state index contributed by atoms with van der Waals surface area (Å²) in [7, 11) is 0. The van der Waals surface area contributed by atoms with E-state index < -0.39 is 0 Å². The first-order valence-electron chi connectivity index (χ1n) is 4.89. The second kappa shape index (κ2) is 3.41. The predicted octanol–water partition coefficient (Wildman–Crippen LogP) is 0.0860. The number of imidazole rings is 1. The minimum absolute atomic E-state index is 0.0680. The summed E-state index contributed by atoms with van der Waals surface area (Å²) in [5, 5.41) is 0. The molecule has 3 aromatic rings. The Morgan fingerprint density at radius 2 is 2.00 bits per heavy atom. The summed E-state index contributed by atoms with van der Waals surface area (Å²) in [6.45, 7) is 0. The van der Waals surface area contributed by atoms with Crippen molar-refractivity contribution >= 4 is 17.1 Å². The fraction of sp³-hybridized carbons (Fsp3) is 0. The lowest BCUT2D eigenvalue weighted by Gasteiger charge is -2.05. The van der Waals surface area contributed by atoms with Gasteiger partial charge in [0.2, 0.25) is 5.95 Å². The van der Waals surface area contributed by atoms with Crippen molar-refractivity contribution in [1.29, 1.82) is 0 Å². The van der Waals surface area contributed by atoms with Crippen LogP contribution in [-0.4, -0.2) is 24.5 Å². The number of H-pyrrole nitrogens is 1. The topological polar surface area (TPSA) is 102 Å². The number of hydrogen-bond donors (Lipinski definition) is 2. The summed E-state index contributed by atoms with van der Waals surface area (Å²) in [5.74, 6) is 0.684. The van der Waals surface area contributed by atoms with Crippen molar-refractivity contribution in [3.63, 3.8) is 0 Å². The van der Waals surface area contributed by atoms with Gasteiger partial charge in [0, 0.05) is 24.5 Å². The second-order valence-corrected chi connectivity index (χ2v) is 3.45. The first-order valence-corrected chi connectivity index (χ1v) is 4.89. The van der Waals surface area contributed by atoms with Crippen LogP contribution in [0.5, 0.6) is 0 Å². The Kier molecular flexibility index (Phi) is 1.91. The van der Waals surface area contributed by atoms with Gasteiger partial charge in [-0.15, -0.1) is 0 Å². The molecule has 0 fully saturated rings. The quantitative estimate of drug-likeness (QED) is 0.614. The maximum absolute atomic E-state index is 11.0. The Morgan fingerprint density at radius 1 is 1.24 bits per heavy atom. The van der Waals surface area contributed by atoms with Gasteiger partial charge in [-0.2, -0.15) is 9.97 Å². The van der Waals surface area contributed by atoms with Crippen molar-refractivity contribution in [2.75, 3.05) is 5.73 Å². The molecule has 0 aliphatic rings. The van der Waals surface area contributed by atoms with Gasteiger partial charge >= 0.3 is 0 Å². The average Bonchev–Trinajstić information content (AvgIpc) is 2.77. The number of anilines is 1. The molecule has 0 saturated heterocycles. The standard InChI is InChI=1S/C10H8N6O/c11-10-14-8-7(12-5-13-8)9(15-10)16-3-1-6(17)2-4-16/h1-5H,(H3,11,12,13,14,15). The number of fused-ring (bicyclic) bond motifs is 1. The SMILES string of the molecule is Nc1nc(-n2ccc(=O)cc2)c2nc[nH]c2n1. The Hall–Kier alpha value is -2.70. The molecule has 0 saturated carbocycles. The van der Waals surface area contributed by atoms with Gasteiger partial charge in [-0.1, -0.05) is 0 Å². The Balaban J connectivity index is 2.32. The third-order valence-corrected chi connectivity index (χ3v) is 2.32. The summed E-state index contributed by atoms with van der Waals surface area (Å²) < 4.78 is 1.67. The number of aromatic nitrogens is 5. The molecule has 0 amide bonds. The van der Waals surface area contributed by atoms with E-state index in [9.17, 15) is 4.79 Å². The molecule has 7 heteroatoms. The van der Waals surface area contributed by atoms with E-state index in [2.05, 4.69) is 19.9 Å². The molecular formula is C10H8N6O. The first kappa shape index (κ1) is 9.52. The molecule has 3 heterocycles. The van der Waals surface area contributed by atoms with E-state index in [-0.39, 0.29) is 11.4 Å². The monoisotopic (exact) mass is 228 g/mol. The third kappa shape index (κ3) is 1.53. The molecule has 3 N–H and O–H groups in total. The van der Waals surface area contributed by atoms with Gasteiger partial charge in [0.05, 0.1) is 6.33 Å². The summed E-state index contributed by atoms with van der Waals surface area (Å²) in [5.41, 5.74) is 6.70. The molecule has 0 spiro atoms. The van der Waals surface area contributed by atoms with Crippen molar-refractivity contribution < 1.29 is 0 Å². The van der Waals surface area contributed by atoms with E-state index in [0.717, 1.165) is 0 Å². The van der Waals surface area contributed by atoms with Gasteiger partial charge in [-0.3, -0.25) is 4.79 Å². The third-order valence-electron chi connectivity index (χ3n) is 2.32. The largest absolute Gasteiger partial charge is 0.368 e. The highest BCUT2D eigenvalue weighted by Gasteiger charge is 2.09. The van der Waals surface area contributed by atoms with Gasteiger partial charge in [0.25, 0.3) is 0 Å². The molecule has 7 nitrogen and oxygen atoms in total. The lowest BCUT2D eigenvalue weighted by molar-refractivity contribution is 0.981. The van der Waals surface area contributed by atoms with Crippen LogP contribution in [0, 0.1) is 0 Å². The number of nitrogen functional groups attached to an aromatic ring is 1. The molecule has 0 aliphatic heterocycles. The Labute approximate surface area is 95.0 Å². The van der Waals surface area contributed by atoms with Gasteiger partial charge in [0.15, 0.2) is 22.4 Å². The molecule has 0 unspecified atom stereocenters. The molecule has 0 atom stereocenters. The molecular weight excluding hydrogens is 220 g/mol. The predicted molar refractivity (Wildman–Crippen MR) is 61.7 cm³/mol. The number of nitrogens with zero attached hydrogens (tertiary/aromatic N) is 4. The molecule has 17 heavy (non-hydrogen) atoms. The lowest BCUT2D eigenvalue weighted by Crippen LogP contribution is -2.06. The van der Waals surface area contributed by atoms with Crippen LogP contribution in [0.2, 0.25) is 0 Å². The summed E-state index contributed by atoms with van der Waals surface area (Å²) >= 11 is 0. The van der Waals surface area contributed by atoms with Crippen LogP contribution in [0.1, 0.15) is 0 Å². The number of nitrogens with one attached hydrogen (secondary N) is 1. The normalized spacial score (nSPS) is 10.8. The maximum Gasteiger partial charge on any atom is 0.224 e. The summed E-state index contributed by atoms with van der Waals surface area (Å²) in [6, 6.07) is 2.88. The van der Waals surface area contributed by atoms with Crippen LogP contribution >= 0.6 is 0 Å². The smallest absolute Gasteiger partial charge is 0.224 e. The Morgan fingerprint density at radius 3 is 2.76 bits per heavy atom. The number of pyridine rings is 1. The molecule has 3 aromatic heterocycles. The number of nitrogens with two attached hydrogens (primary N) is 1. The first-order chi connectivity index (χ1) is 8.24. The highest BCUT2D eigenvalue weighted by atomic mass is 16.1. The van der Waals surface area contributed by atoms with Crippen LogP contribution in [0.15, 0.2) is 35.6 Å². The van der Waals surface area contributed by atoms with Gasteiger partial charge in [-0.25, -0.2) is 4.98 Å². The zero-order valence-electron chi connectivity index (χ0n) is 8.66. The highest BCUT2D eigenvalue weighted by Crippen LogP contribution is 2.15. The van der Waals surface area contributed by atoms with Gasteiger partial charge in [-0.05, 0) is 0 Å². The number of hydrogen-bond acceptors (Lipinski definition) is 5. The van der Waals surface area contributed by atoms with Gasteiger partial charge in [0.1, 0.15) is 0 Å². The van der Waals surface area contributed by atoms with Crippen LogP contribution < -0.4 is 11.2 Å². The maximum atomic E-state index is 11.0. The average molecular weight is 228 g/mol. The summed E-state index contributed by atoms with van der Waals surface area (Å²) in [4.78, 5) is 26.2. The van der Waals surface area contributed by atoms with Crippen LogP contribution in [0.3, 0.4) is 0 Å². The van der Waals surface area contributed by atoms with Crippen LogP contribution in [0.4, 0.5) is 5.95 Å². The van der Waals surface area contributed by atoms with E-state index in [1.165, 1.54) is 18.5 Å². The molecule has 0 bridgehead atoms. The highest BCUT2D eigenvalue weighted by molar-refractivity contribution is 5.79. The van der Waals surface area contributed by atoms with E-state index in [4.69, 9.17) is 5.73 Å². The molecule has 3 rings (SSSR count). The second-order valence-electron chi connectivity index (χ2n) is 3.45. The summed E-state index contributed by atoms with van der Waals surface area (Å²) in [6.07, 6.45) is 4.74. The zero-order valence-corrected chi connectivity index (χ0v) is 8.66. The van der Waals surface area contributed by atoms with E-state index in [0.29, 0.717) is 17.0 Å². The van der Waals surface area contributed by atoms with E-state index >= 15 is 0 Å².